The lowest BCUT2D eigenvalue weighted by molar-refractivity contribution is -0.122. The first-order valence-electron chi connectivity index (χ1n) is 5.44. The molecule has 0 spiro atoms. The third-order valence-electron chi connectivity index (χ3n) is 2.79. The van der Waals surface area contributed by atoms with Crippen LogP contribution in [0.25, 0.3) is 0 Å². The van der Waals surface area contributed by atoms with Gasteiger partial charge >= 0.3 is 0 Å². The number of carbonyl (C=O) groups is 1. The number of primary amides is 1. The van der Waals surface area contributed by atoms with Gasteiger partial charge in [-0.25, -0.2) is 12.7 Å². The number of nitrogens with two attached hydrogens (primary N) is 2. The van der Waals surface area contributed by atoms with Crippen LogP contribution < -0.4 is 11.5 Å². The lowest BCUT2D eigenvalue weighted by Gasteiger charge is -2.30. The maximum atomic E-state index is 11.8. The second-order valence-electron chi connectivity index (χ2n) is 4.06. The number of carbonyl (C=O) groups excluding carboxylic acids is 1. The zero-order valence-electron chi connectivity index (χ0n) is 9.26. The molecule has 1 atom stereocenters. The normalized spacial score (nSPS) is 23.2. The van der Waals surface area contributed by atoms with Crippen molar-refractivity contribution in [3.8, 4) is 0 Å². The first-order chi connectivity index (χ1) is 7.47. The average molecular weight is 249 g/mol. The molecule has 1 aliphatic rings. The molecule has 0 aliphatic carbocycles. The predicted octanol–water partition coefficient (Wildman–Crippen LogP) is -1.14. The van der Waals surface area contributed by atoms with Crippen LogP contribution in [0.1, 0.15) is 19.3 Å². The topological polar surface area (TPSA) is 106 Å². The molecule has 0 radical (unpaired) electrons. The van der Waals surface area contributed by atoms with Crippen LogP contribution in [-0.2, 0) is 14.8 Å². The molecule has 1 amide bonds. The Morgan fingerprint density at radius 2 is 2.12 bits per heavy atom. The maximum absolute atomic E-state index is 11.8. The summed E-state index contributed by atoms with van der Waals surface area (Å²) in [5.41, 5.74) is 10.5. The van der Waals surface area contributed by atoms with Crippen LogP contribution >= 0.6 is 0 Å². The SMILES string of the molecule is NCCCS(=O)(=O)N1CCCC(C(N)=O)C1. The third kappa shape index (κ3) is 3.43. The van der Waals surface area contributed by atoms with Gasteiger partial charge in [0.05, 0.1) is 11.7 Å². The van der Waals surface area contributed by atoms with Crippen LogP contribution in [0.4, 0.5) is 0 Å². The summed E-state index contributed by atoms with van der Waals surface area (Å²) in [6.07, 6.45) is 1.81. The summed E-state index contributed by atoms with van der Waals surface area (Å²) in [7, 11) is -3.27. The lowest BCUT2D eigenvalue weighted by Crippen LogP contribution is -2.45. The van der Waals surface area contributed by atoms with Crippen molar-refractivity contribution < 1.29 is 13.2 Å². The van der Waals surface area contributed by atoms with Crippen LogP contribution in [0.15, 0.2) is 0 Å². The molecule has 1 saturated heterocycles. The molecule has 0 aromatic rings. The molecule has 1 unspecified atom stereocenters. The number of piperidine rings is 1. The number of amides is 1. The van der Waals surface area contributed by atoms with Crippen molar-refractivity contribution in [2.45, 2.75) is 19.3 Å². The van der Waals surface area contributed by atoms with E-state index in [9.17, 15) is 13.2 Å². The first-order valence-corrected chi connectivity index (χ1v) is 7.05. The molecule has 1 aliphatic heterocycles. The summed E-state index contributed by atoms with van der Waals surface area (Å²) in [6.45, 7) is 1.06. The van der Waals surface area contributed by atoms with E-state index in [-0.39, 0.29) is 18.2 Å². The Bertz CT molecular complexity index is 342. The molecule has 16 heavy (non-hydrogen) atoms. The van der Waals surface area contributed by atoms with E-state index in [1.54, 1.807) is 0 Å². The van der Waals surface area contributed by atoms with Gasteiger partial charge in [-0.2, -0.15) is 0 Å². The molecule has 4 N–H and O–H groups in total. The molecule has 1 heterocycles. The van der Waals surface area contributed by atoms with Crippen molar-refractivity contribution in [2.24, 2.45) is 17.4 Å². The highest BCUT2D eigenvalue weighted by Gasteiger charge is 2.30. The van der Waals surface area contributed by atoms with Crippen molar-refractivity contribution in [2.75, 3.05) is 25.4 Å². The minimum Gasteiger partial charge on any atom is -0.369 e. The second kappa shape index (κ2) is 5.60. The van der Waals surface area contributed by atoms with Crippen molar-refractivity contribution in [3.05, 3.63) is 0 Å². The van der Waals surface area contributed by atoms with Crippen LogP contribution in [0.5, 0.6) is 0 Å². The fourth-order valence-electron chi connectivity index (χ4n) is 1.82. The van der Waals surface area contributed by atoms with Gasteiger partial charge in [-0.3, -0.25) is 4.79 Å². The van der Waals surface area contributed by atoms with Gasteiger partial charge in [-0.15, -0.1) is 0 Å². The molecule has 7 heteroatoms. The maximum Gasteiger partial charge on any atom is 0.221 e. The molecule has 0 aromatic heterocycles. The molecule has 1 rings (SSSR count). The molecule has 0 aromatic carbocycles. The number of nitrogens with zero attached hydrogens (tertiary/aromatic N) is 1. The van der Waals surface area contributed by atoms with E-state index in [2.05, 4.69) is 0 Å². The largest absolute Gasteiger partial charge is 0.369 e. The molecule has 0 saturated carbocycles. The Morgan fingerprint density at radius 3 is 2.69 bits per heavy atom. The first kappa shape index (κ1) is 13.4. The monoisotopic (exact) mass is 249 g/mol. The highest BCUT2D eigenvalue weighted by molar-refractivity contribution is 7.89. The summed E-state index contributed by atoms with van der Waals surface area (Å²) in [6, 6.07) is 0. The molecular formula is C9H19N3O3S. The van der Waals surface area contributed by atoms with Crippen molar-refractivity contribution in [3.63, 3.8) is 0 Å². The highest BCUT2D eigenvalue weighted by Crippen LogP contribution is 2.19. The Hall–Kier alpha value is -0.660. The van der Waals surface area contributed by atoms with Gasteiger partial charge in [0.1, 0.15) is 0 Å². The summed E-state index contributed by atoms with van der Waals surface area (Å²) in [5.74, 6) is -0.713. The molecule has 94 valence electrons. The fraction of sp³-hybridized carbons (Fsp3) is 0.889. The van der Waals surface area contributed by atoms with Gasteiger partial charge in [0.25, 0.3) is 0 Å². The highest BCUT2D eigenvalue weighted by atomic mass is 32.2. The van der Waals surface area contributed by atoms with E-state index in [4.69, 9.17) is 11.5 Å². The smallest absolute Gasteiger partial charge is 0.221 e. The van der Waals surface area contributed by atoms with Crippen LogP contribution in [0, 0.1) is 5.92 Å². The minimum atomic E-state index is -3.27. The van der Waals surface area contributed by atoms with Gasteiger partial charge in [0.2, 0.25) is 15.9 Å². The van der Waals surface area contributed by atoms with Crippen molar-refractivity contribution in [1.29, 1.82) is 0 Å². The summed E-state index contributed by atoms with van der Waals surface area (Å²) >= 11 is 0. The molecule has 1 fully saturated rings. The van der Waals surface area contributed by atoms with Crippen LogP contribution in [0.2, 0.25) is 0 Å². The van der Waals surface area contributed by atoms with Gasteiger partial charge in [-0.05, 0) is 25.8 Å². The van der Waals surface area contributed by atoms with Gasteiger partial charge in [0.15, 0.2) is 0 Å². The zero-order valence-corrected chi connectivity index (χ0v) is 10.1. The van der Waals surface area contributed by atoms with E-state index < -0.39 is 15.9 Å². The van der Waals surface area contributed by atoms with Crippen LogP contribution in [0.3, 0.4) is 0 Å². The molecular weight excluding hydrogens is 230 g/mol. The molecule has 6 nitrogen and oxygen atoms in total. The third-order valence-corrected chi connectivity index (χ3v) is 4.71. The number of hydrogen-bond acceptors (Lipinski definition) is 4. The van der Waals surface area contributed by atoms with Gasteiger partial charge < -0.3 is 11.5 Å². The van der Waals surface area contributed by atoms with Gasteiger partial charge in [0, 0.05) is 13.1 Å². The number of hydrogen-bond donors (Lipinski definition) is 2. The number of sulfonamides is 1. The Kier molecular flexibility index (Phi) is 4.69. The van der Waals surface area contributed by atoms with Gasteiger partial charge in [-0.1, -0.05) is 0 Å². The summed E-state index contributed by atoms with van der Waals surface area (Å²) < 4.78 is 25.0. The minimum absolute atomic E-state index is 0.0506. The summed E-state index contributed by atoms with van der Waals surface area (Å²) in [5, 5.41) is 0. The average Bonchev–Trinajstić information content (AvgIpc) is 2.26. The predicted molar refractivity (Wildman–Crippen MR) is 60.9 cm³/mol. The fourth-order valence-corrected chi connectivity index (χ4v) is 3.43. The molecule has 0 bridgehead atoms. The quantitative estimate of drug-likeness (QED) is 0.642. The Labute approximate surface area is 96.0 Å². The Balaban J connectivity index is 2.62. The summed E-state index contributed by atoms with van der Waals surface area (Å²) in [4.78, 5) is 11.0. The van der Waals surface area contributed by atoms with Crippen LogP contribution in [-0.4, -0.2) is 44.0 Å². The van der Waals surface area contributed by atoms with Crippen molar-refractivity contribution >= 4 is 15.9 Å². The second-order valence-corrected chi connectivity index (χ2v) is 6.15. The van der Waals surface area contributed by atoms with E-state index in [1.165, 1.54) is 4.31 Å². The Morgan fingerprint density at radius 1 is 1.44 bits per heavy atom. The van der Waals surface area contributed by atoms with Crippen molar-refractivity contribution in [1.82, 2.24) is 4.31 Å². The standard InChI is InChI=1S/C9H19N3O3S/c10-4-2-6-16(14,15)12-5-1-3-8(7-12)9(11)13/h8H,1-7,10H2,(H2,11,13). The number of rotatable bonds is 5. The van der Waals surface area contributed by atoms with E-state index in [0.29, 0.717) is 32.4 Å². The van der Waals surface area contributed by atoms with E-state index in [0.717, 1.165) is 0 Å². The zero-order chi connectivity index (χ0) is 12.2. The van der Waals surface area contributed by atoms with E-state index in [1.807, 2.05) is 0 Å². The van der Waals surface area contributed by atoms with E-state index >= 15 is 0 Å². The lowest BCUT2D eigenvalue weighted by atomic mass is 9.99.